The third-order valence-corrected chi connectivity index (χ3v) is 15.7. The molecule has 2 saturated heterocycles. The van der Waals surface area contributed by atoms with Gasteiger partial charge in [0.1, 0.15) is 29.5 Å². The number of anilines is 1. The zero-order chi connectivity index (χ0) is 46.4. The number of morpholine rings is 1. The fraction of sp³-hybridized carbons (Fsp3) is 0.659. The Morgan fingerprint density at radius 2 is 1.81 bits per heavy atom. The van der Waals surface area contributed by atoms with Gasteiger partial charge in [0.25, 0.3) is 5.91 Å². The maximum Gasteiger partial charge on any atom is 0.427 e. The van der Waals surface area contributed by atoms with Crippen LogP contribution in [0.15, 0.2) is 36.5 Å². The molecule has 7 rings (SSSR count). The number of ether oxygens (including phenoxy) is 4. The molecular weight excluding hydrogens is 862 g/mol. The van der Waals surface area contributed by atoms with E-state index < -0.39 is 85.9 Å². The summed E-state index contributed by atoms with van der Waals surface area (Å²) in [7, 11) is -2.54. The van der Waals surface area contributed by atoms with E-state index in [9.17, 15) is 36.0 Å². The highest BCUT2D eigenvalue weighted by Crippen LogP contribution is 2.48. The fourth-order valence-corrected chi connectivity index (χ4v) is 10.2. The van der Waals surface area contributed by atoms with Crippen LogP contribution in [0.1, 0.15) is 86.0 Å². The molecule has 0 spiro atoms. The number of fused-ring (bicyclic) bond motifs is 3. The van der Waals surface area contributed by atoms with E-state index in [1.54, 1.807) is 45.4 Å². The molecule has 4 heterocycles. The highest BCUT2D eigenvalue weighted by molar-refractivity contribution is 7.91. The Balaban J connectivity index is 1.25. The molecule has 3 aliphatic heterocycles. The standard InChI is InChI=1S/C44H59F3N6O10S/c1-7-27-20-26(2)10-8-9-11-28-23-43(28,39(56)51-64(58,59)42(5)14-15-42)50-36(54)33-22-30(25-53(33)38(55)35(27)49-40(57)63-41(3,4)44(45,46)47)62-37-31-13-12-29(60-6)21-32(31)34(24-48-37)52-16-18-61-19-17-52/h9,11-13,21,24,26-28,30,33,35H,7-8,10,14-20,22-23,25H2,1-6H3,(H,49,57)(H,50,54)(H,51,56)/b11-9-/t26-,27+,28+,30+,33?,35-,43+/m0/s1. The second-order valence-electron chi connectivity index (χ2n) is 18.6. The topological polar surface area (TPSA) is 195 Å². The van der Waals surface area contributed by atoms with Gasteiger partial charge in [0, 0.05) is 36.2 Å². The van der Waals surface area contributed by atoms with Crippen LogP contribution in [0, 0.1) is 17.8 Å². The molecule has 1 unspecified atom stereocenters. The van der Waals surface area contributed by atoms with Crippen molar-refractivity contribution in [3.8, 4) is 11.6 Å². The zero-order valence-corrected chi connectivity index (χ0v) is 37.9. The quantitative estimate of drug-likeness (QED) is 0.266. The second kappa shape index (κ2) is 17.9. The minimum Gasteiger partial charge on any atom is -0.497 e. The predicted octanol–water partition coefficient (Wildman–Crippen LogP) is 5.14. The van der Waals surface area contributed by atoms with Crippen molar-refractivity contribution < 1.29 is 59.7 Å². The van der Waals surface area contributed by atoms with Gasteiger partial charge in [-0.25, -0.2) is 18.2 Å². The number of benzene rings is 1. The van der Waals surface area contributed by atoms with Gasteiger partial charge in [-0.2, -0.15) is 13.2 Å². The van der Waals surface area contributed by atoms with Gasteiger partial charge in [-0.15, -0.1) is 0 Å². The lowest BCUT2D eigenvalue weighted by atomic mass is 9.85. The first-order valence-electron chi connectivity index (χ1n) is 22.0. The van der Waals surface area contributed by atoms with Crippen LogP contribution in [-0.4, -0.2) is 122 Å². The first kappa shape index (κ1) is 47.1. The Morgan fingerprint density at radius 1 is 1.09 bits per heavy atom. The van der Waals surface area contributed by atoms with E-state index >= 15 is 4.79 Å². The number of nitrogens with zero attached hydrogens (tertiary/aromatic N) is 3. The molecule has 64 heavy (non-hydrogen) atoms. The summed E-state index contributed by atoms with van der Waals surface area (Å²) in [6.07, 6.45) is 0.668. The summed E-state index contributed by atoms with van der Waals surface area (Å²) >= 11 is 0. The van der Waals surface area contributed by atoms with Gasteiger partial charge >= 0.3 is 12.3 Å². The largest absolute Gasteiger partial charge is 0.497 e. The Labute approximate surface area is 371 Å². The van der Waals surface area contributed by atoms with Crippen LogP contribution >= 0.6 is 0 Å². The van der Waals surface area contributed by atoms with E-state index in [0.717, 1.165) is 11.1 Å². The van der Waals surface area contributed by atoms with Crippen LogP contribution in [0.5, 0.6) is 11.6 Å². The van der Waals surface area contributed by atoms with E-state index in [1.807, 2.05) is 19.1 Å². The Morgan fingerprint density at radius 3 is 2.47 bits per heavy atom. The van der Waals surface area contributed by atoms with Crippen LogP contribution in [0.2, 0.25) is 0 Å². The molecule has 2 aromatic rings. The molecule has 4 amide bonds. The number of hydrogen-bond donors (Lipinski definition) is 3. The molecule has 5 aliphatic rings. The SMILES string of the molecule is CC[C@@H]1C[C@@H](C)CC/C=C\[C@@H]2C[C@@]2(C(=O)NS(=O)(=O)C2(C)CC2)NC(=O)C2C[C@@H](Oc3ncc(N4CCOCC4)c4cc(OC)ccc34)CN2C(=O)[C@H]1NC(=O)OC(C)(C)C(F)(F)F. The first-order chi connectivity index (χ1) is 30.1. The molecule has 1 aromatic heterocycles. The summed E-state index contributed by atoms with van der Waals surface area (Å²) < 4.78 is 92.0. The van der Waals surface area contributed by atoms with Crippen LogP contribution < -0.4 is 29.7 Å². The minimum atomic E-state index is -4.92. The Kier molecular flexibility index (Phi) is 13.1. The summed E-state index contributed by atoms with van der Waals surface area (Å²) in [5, 5.41) is 6.68. The van der Waals surface area contributed by atoms with Crippen molar-refractivity contribution in [2.45, 2.75) is 126 Å². The molecule has 7 atom stereocenters. The number of aromatic nitrogens is 1. The second-order valence-corrected chi connectivity index (χ2v) is 20.8. The van der Waals surface area contributed by atoms with Crippen molar-refractivity contribution in [1.82, 2.24) is 25.2 Å². The number of hydrogen-bond acceptors (Lipinski definition) is 12. The lowest BCUT2D eigenvalue weighted by Gasteiger charge is -2.35. The summed E-state index contributed by atoms with van der Waals surface area (Å²) in [6, 6.07) is 2.64. The summed E-state index contributed by atoms with van der Waals surface area (Å²) in [5.74, 6) is -2.84. The number of sulfonamides is 1. The highest BCUT2D eigenvalue weighted by atomic mass is 32.2. The van der Waals surface area contributed by atoms with E-state index in [0.29, 0.717) is 89.8 Å². The Hall–Kier alpha value is -4.85. The number of nitrogens with one attached hydrogen (secondary N) is 3. The monoisotopic (exact) mass is 920 g/mol. The number of alkyl carbamates (subject to hydrolysis) is 1. The maximum atomic E-state index is 15.1. The lowest BCUT2D eigenvalue weighted by molar-refractivity contribution is -0.244. The predicted molar refractivity (Wildman–Crippen MR) is 229 cm³/mol. The molecular formula is C44H59F3N6O10S. The normalized spacial score (nSPS) is 29.3. The molecule has 20 heteroatoms. The molecule has 352 valence electrons. The van der Waals surface area contributed by atoms with Crippen LogP contribution in [0.3, 0.4) is 0 Å². The average Bonchev–Trinajstić information content (AvgIpc) is 4.13. The van der Waals surface area contributed by atoms with Gasteiger partial charge in [0.05, 0.1) is 43.5 Å². The number of pyridine rings is 1. The van der Waals surface area contributed by atoms with Crippen molar-refractivity contribution in [3.05, 3.63) is 36.5 Å². The first-order valence-corrected chi connectivity index (χ1v) is 23.5. The zero-order valence-electron chi connectivity index (χ0n) is 37.1. The van der Waals surface area contributed by atoms with Crippen molar-refractivity contribution in [3.63, 3.8) is 0 Å². The van der Waals surface area contributed by atoms with Crippen LogP contribution in [0.25, 0.3) is 10.8 Å². The van der Waals surface area contributed by atoms with Crippen molar-refractivity contribution in [1.29, 1.82) is 0 Å². The molecule has 4 fully saturated rings. The molecule has 2 saturated carbocycles. The number of methoxy groups -OCH3 is 1. The van der Waals surface area contributed by atoms with Crippen molar-refractivity contribution in [2.75, 3.05) is 44.9 Å². The van der Waals surface area contributed by atoms with E-state index in [2.05, 4.69) is 20.3 Å². The molecule has 2 aliphatic carbocycles. The third-order valence-electron chi connectivity index (χ3n) is 13.6. The lowest BCUT2D eigenvalue weighted by Crippen LogP contribution is -2.60. The fourth-order valence-electron chi connectivity index (χ4n) is 8.88. The number of halogens is 3. The van der Waals surface area contributed by atoms with Gasteiger partial charge in [0.2, 0.25) is 33.3 Å². The van der Waals surface area contributed by atoms with Crippen molar-refractivity contribution in [2.24, 2.45) is 17.8 Å². The number of carbonyl (C=O) groups is 4. The maximum absolute atomic E-state index is 15.1. The van der Waals surface area contributed by atoms with Crippen LogP contribution in [0.4, 0.5) is 23.7 Å². The number of allylic oxidation sites excluding steroid dienone is 1. The minimum absolute atomic E-state index is 0.0419. The van der Waals surface area contributed by atoms with Gasteiger partial charge < -0.3 is 39.4 Å². The van der Waals surface area contributed by atoms with Gasteiger partial charge in [-0.05, 0) is 89.3 Å². The molecule has 3 N–H and O–H groups in total. The van der Waals surface area contributed by atoms with E-state index in [4.69, 9.17) is 23.9 Å². The van der Waals surface area contributed by atoms with E-state index in [-0.39, 0.29) is 31.2 Å². The number of amides is 4. The molecule has 1 aromatic carbocycles. The van der Waals surface area contributed by atoms with Crippen molar-refractivity contribution >= 4 is 50.3 Å². The summed E-state index contributed by atoms with van der Waals surface area (Å²) in [4.78, 5) is 65.3. The molecule has 16 nitrogen and oxygen atoms in total. The summed E-state index contributed by atoms with van der Waals surface area (Å²) in [5.41, 5.74) is -3.73. The third kappa shape index (κ3) is 9.58. The number of carbonyl (C=O) groups excluding carboxylic acids is 4. The van der Waals surface area contributed by atoms with Crippen LogP contribution in [-0.2, 0) is 33.9 Å². The van der Waals surface area contributed by atoms with E-state index in [1.165, 1.54) is 4.90 Å². The van der Waals surface area contributed by atoms with Gasteiger partial charge in [-0.3, -0.25) is 19.1 Å². The average molecular weight is 921 g/mol. The highest BCUT2D eigenvalue weighted by Gasteiger charge is 2.63. The number of rotatable bonds is 10. The summed E-state index contributed by atoms with van der Waals surface area (Å²) in [6.45, 7) is 8.80. The molecule has 0 bridgehead atoms. The number of alkyl halides is 3. The Bertz CT molecular complexity index is 2270. The van der Waals surface area contributed by atoms with Gasteiger partial charge in [0.15, 0.2) is 0 Å². The smallest absolute Gasteiger partial charge is 0.427 e. The molecule has 0 radical (unpaired) electrons. The van der Waals surface area contributed by atoms with Gasteiger partial charge in [-0.1, -0.05) is 32.4 Å².